The number of hydrogen-bond donors (Lipinski definition) is 1. The lowest BCUT2D eigenvalue weighted by Crippen LogP contribution is -2.04. The molecule has 0 saturated heterocycles. The molecule has 0 atom stereocenters. The summed E-state index contributed by atoms with van der Waals surface area (Å²) >= 11 is 3.42. The van der Waals surface area contributed by atoms with Gasteiger partial charge in [-0.3, -0.25) is 0 Å². The van der Waals surface area contributed by atoms with Crippen LogP contribution in [0, 0.1) is 6.92 Å². The number of thiazole rings is 1. The Balaban J connectivity index is 2.05. The van der Waals surface area contributed by atoms with Crippen molar-refractivity contribution in [3.05, 3.63) is 40.9 Å². The Bertz CT molecular complexity index is 448. The van der Waals surface area contributed by atoms with Gasteiger partial charge in [-0.2, -0.15) is 0 Å². The van der Waals surface area contributed by atoms with Gasteiger partial charge in [0.2, 0.25) is 0 Å². The highest BCUT2D eigenvalue weighted by Gasteiger charge is 2.01. The number of nitrogens with one attached hydrogen (secondary N) is 1. The van der Waals surface area contributed by atoms with Crippen LogP contribution < -0.4 is 5.32 Å². The standard InChI is InChI=1S/C12H14N2S2/c1-9-8-15-12(14-9)16-11-5-3-10(4-6-11)7-13-2/h3-6,8,13H,7H2,1-2H3. The van der Waals surface area contributed by atoms with Crippen molar-refractivity contribution in [1.29, 1.82) is 0 Å². The monoisotopic (exact) mass is 250 g/mol. The molecule has 0 radical (unpaired) electrons. The van der Waals surface area contributed by atoms with E-state index < -0.39 is 0 Å². The SMILES string of the molecule is CNCc1ccc(Sc2nc(C)cs2)cc1. The van der Waals surface area contributed by atoms with Gasteiger partial charge in [0.25, 0.3) is 0 Å². The number of rotatable bonds is 4. The van der Waals surface area contributed by atoms with Crippen LogP contribution in [0.25, 0.3) is 0 Å². The highest BCUT2D eigenvalue weighted by atomic mass is 32.2. The van der Waals surface area contributed by atoms with Gasteiger partial charge in [-0.05, 0) is 31.7 Å². The van der Waals surface area contributed by atoms with Gasteiger partial charge in [0, 0.05) is 22.5 Å². The second-order valence-corrected chi connectivity index (χ2v) is 5.71. The van der Waals surface area contributed by atoms with Crippen LogP contribution in [-0.2, 0) is 6.54 Å². The third-order valence-corrected chi connectivity index (χ3v) is 4.17. The van der Waals surface area contributed by atoms with E-state index in [2.05, 4.69) is 39.9 Å². The summed E-state index contributed by atoms with van der Waals surface area (Å²) in [4.78, 5) is 5.68. The number of aryl methyl sites for hydroxylation is 1. The third-order valence-electron chi connectivity index (χ3n) is 2.11. The maximum absolute atomic E-state index is 4.43. The van der Waals surface area contributed by atoms with Crippen LogP contribution in [0.4, 0.5) is 0 Å². The van der Waals surface area contributed by atoms with Crippen molar-refractivity contribution < 1.29 is 0 Å². The molecule has 2 nitrogen and oxygen atoms in total. The van der Waals surface area contributed by atoms with Crippen LogP contribution in [0.3, 0.4) is 0 Å². The molecule has 0 amide bonds. The van der Waals surface area contributed by atoms with Gasteiger partial charge < -0.3 is 5.32 Å². The lowest BCUT2D eigenvalue weighted by molar-refractivity contribution is 0.817. The number of benzene rings is 1. The second kappa shape index (κ2) is 5.48. The summed E-state index contributed by atoms with van der Waals surface area (Å²) in [6.45, 7) is 2.94. The molecule has 1 N–H and O–H groups in total. The molecule has 1 aromatic carbocycles. The molecular weight excluding hydrogens is 236 g/mol. The van der Waals surface area contributed by atoms with E-state index >= 15 is 0 Å². The average Bonchev–Trinajstić information content (AvgIpc) is 2.67. The van der Waals surface area contributed by atoms with E-state index in [9.17, 15) is 0 Å². The predicted molar refractivity (Wildman–Crippen MR) is 70.2 cm³/mol. The van der Waals surface area contributed by atoms with Crippen LogP contribution in [0.1, 0.15) is 11.3 Å². The third kappa shape index (κ3) is 3.07. The first-order valence-electron chi connectivity index (χ1n) is 5.11. The van der Waals surface area contributed by atoms with Gasteiger partial charge in [-0.15, -0.1) is 11.3 Å². The molecule has 0 saturated carbocycles. The van der Waals surface area contributed by atoms with Crippen molar-refractivity contribution in [3.8, 4) is 0 Å². The van der Waals surface area contributed by atoms with Gasteiger partial charge in [-0.25, -0.2) is 4.98 Å². The summed E-state index contributed by atoms with van der Waals surface area (Å²) in [6, 6.07) is 8.60. The summed E-state index contributed by atoms with van der Waals surface area (Å²) in [5.41, 5.74) is 2.40. The molecule has 0 spiro atoms. The van der Waals surface area contributed by atoms with Gasteiger partial charge in [0.1, 0.15) is 0 Å². The van der Waals surface area contributed by atoms with E-state index in [-0.39, 0.29) is 0 Å². The quantitative estimate of drug-likeness (QED) is 0.901. The lowest BCUT2D eigenvalue weighted by Gasteiger charge is -2.01. The average molecular weight is 250 g/mol. The van der Waals surface area contributed by atoms with Crippen molar-refractivity contribution >= 4 is 23.1 Å². The first-order chi connectivity index (χ1) is 7.78. The Morgan fingerprint density at radius 2 is 2.06 bits per heavy atom. The largest absolute Gasteiger partial charge is 0.316 e. The molecule has 1 heterocycles. The van der Waals surface area contributed by atoms with Crippen molar-refractivity contribution in [2.24, 2.45) is 0 Å². The minimum absolute atomic E-state index is 0.918. The fourth-order valence-corrected chi connectivity index (χ4v) is 3.17. The molecule has 2 aromatic rings. The first kappa shape index (κ1) is 11.6. The van der Waals surface area contributed by atoms with Crippen molar-refractivity contribution in [2.45, 2.75) is 22.7 Å². The van der Waals surface area contributed by atoms with Crippen molar-refractivity contribution in [1.82, 2.24) is 10.3 Å². The van der Waals surface area contributed by atoms with Crippen molar-refractivity contribution in [3.63, 3.8) is 0 Å². The minimum Gasteiger partial charge on any atom is -0.316 e. The van der Waals surface area contributed by atoms with E-state index in [0.29, 0.717) is 0 Å². The molecule has 84 valence electrons. The number of aromatic nitrogens is 1. The minimum atomic E-state index is 0.918. The summed E-state index contributed by atoms with van der Waals surface area (Å²) in [5.74, 6) is 0. The maximum atomic E-state index is 4.43. The fraction of sp³-hybridized carbons (Fsp3) is 0.250. The van der Waals surface area contributed by atoms with E-state index in [4.69, 9.17) is 0 Å². The molecule has 4 heteroatoms. The van der Waals surface area contributed by atoms with Crippen molar-refractivity contribution in [2.75, 3.05) is 7.05 Å². The van der Waals surface area contributed by atoms with Crippen LogP contribution in [0.15, 0.2) is 38.9 Å². The van der Waals surface area contributed by atoms with E-state index in [0.717, 1.165) is 16.6 Å². The zero-order chi connectivity index (χ0) is 11.4. The smallest absolute Gasteiger partial charge is 0.154 e. The Morgan fingerprint density at radius 3 is 2.62 bits per heavy atom. The van der Waals surface area contributed by atoms with Gasteiger partial charge >= 0.3 is 0 Å². The van der Waals surface area contributed by atoms with Crippen LogP contribution in [-0.4, -0.2) is 12.0 Å². The number of nitrogens with zero attached hydrogens (tertiary/aromatic N) is 1. The Kier molecular flexibility index (Phi) is 3.98. The lowest BCUT2D eigenvalue weighted by atomic mass is 10.2. The summed E-state index contributed by atoms with van der Waals surface area (Å²) in [6.07, 6.45) is 0. The maximum Gasteiger partial charge on any atom is 0.154 e. The molecule has 2 rings (SSSR count). The summed E-state index contributed by atoms with van der Waals surface area (Å²) in [5, 5.41) is 5.22. The zero-order valence-electron chi connectivity index (χ0n) is 9.36. The zero-order valence-corrected chi connectivity index (χ0v) is 11.0. The molecule has 1 aromatic heterocycles. The van der Waals surface area contributed by atoms with E-state index in [1.165, 1.54) is 10.5 Å². The number of hydrogen-bond acceptors (Lipinski definition) is 4. The molecule has 0 fully saturated rings. The van der Waals surface area contributed by atoms with Crippen LogP contribution in [0.5, 0.6) is 0 Å². The molecule has 0 aliphatic carbocycles. The molecule has 0 aliphatic rings. The predicted octanol–water partition coefficient (Wildman–Crippen LogP) is 3.32. The van der Waals surface area contributed by atoms with E-state index in [1.807, 2.05) is 14.0 Å². The highest BCUT2D eigenvalue weighted by Crippen LogP contribution is 2.30. The summed E-state index contributed by atoms with van der Waals surface area (Å²) in [7, 11) is 1.96. The van der Waals surface area contributed by atoms with E-state index in [1.54, 1.807) is 23.1 Å². The molecule has 0 aliphatic heterocycles. The van der Waals surface area contributed by atoms with Crippen LogP contribution >= 0.6 is 23.1 Å². The van der Waals surface area contributed by atoms with Gasteiger partial charge in [0.05, 0.1) is 0 Å². The topological polar surface area (TPSA) is 24.9 Å². The highest BCUT2D eigenvalue weighted by molar-refractivity contribution is 8.01. The van der Waals surface area contributed by atoms with Crippen LogP contribution in [0.2, 0.25) is 0 Å². The molecular formula is C12H14N2S2. The molecule has 16 heavy (non-hydrogen) atoms. The fourth-order valence-electron chi connectivity index (χ4n) is 1.36. The Morgan fingerprint density at radius 1 is 1.31 bits per heavy atom. The first-order valence-corrected chi connectivity index (χ1v) is 6.81. The molecule has 0 bridgehead atoms. The Labute approximate surface area is 104 Å². The van der Waals surface area contributed by atoms with Gasteiger partial charge in [-0.1, -0.05) is 23.9 Å². The Hall–Kier alpha value is -0.840. The molecule has 0 unspecified atom stereocenters. The van der Waals surface area contributed by atoms with Gasteiger partial charge in [0.15, 0.2) is 4.34 Å². The summed E-state index contributed by atoms with van der Waals surface area (Å²) < 4.78 is 1.11. The second-order valence-electron chi connectivity index (χ2n) is 3.53. The normalized spacial score (nSPS) is 10.6.